The molecule has 4 atom stereocenters. The monoisotopic (exact) mass is 1010 g/mol. The zero-order valence-electron chi connectivity index (χ0n) is 48.4. The van der Waals surface area contributed by atoms with E-state index >= 15 is 0 Å². The second-order valence-electron chi connectivity index (χ2n) is 20.9. The second kappa shape index (κ2) is 29.7. The van der Waals surface area contributed by atoms with Crippen LogP contribution >= 0.6 is 0 Å². The molecule has 0 radical (unpaired) electrons. The van der Waals surface area contributed by atoms with Crippen LogP contribution in [0.25, 0.3) is 67.5 Å². The summed E-state index contributed by atoms with van der Waals surface area (Å²) in [6, 6.07) is 48.2. The molecule has 0 aliphatic carbocycles. The molecule has 0 aliphatic rings. The maximum absolute atomic E-state index is 4.61. The molecule has 0 heteroatoms. The summed E-state index contributed by atoms with van der Waals surface area (Å²) in [5.74, 6) is 1.37. The Bertz CT molecular complexity index is 3240. The largest absolute Gasteiger partial charge is 0.0984 e. The maximum atomic E-state index is 4.61. The minimum atomic E-state index is 0.267. The van der Waals surface area contributed by atoms with E-state index in [1.54, 1.807) is 0 Å². The molecular weight excluding hydrogens is 925 g/mol. The molecule has 6 aromatic rings. The topological polar surface area (TPSA) is 0 Å². The Kier molecular flexibility index (Phi) is 22.6. The van der Waals surface area contributed by atoms with E-state index < -0.39 is 0 Å². The highest BCUT2D eigenvalue weighted by molar-refractivity contribution is 6.12. The van der Waals surface area contributed by atoms with Crippen LogP contribution in [0.3, 0.4) is 0 Å². The van der Waals surface area contributed by atoms with Crippen molar-refractivity contribution in [3.8, 4) is 22.3 Å². The molecule has 0 aromatic heterocycles. The van der Waals surface area contributed by atoms with Crippen LogP contribution in [0, 0.1) is 23.7 Å². The van der Waals surface area contributed by atoms with E-state index in [9.17, 15) is 0 Å². The van der Waals surface area contributed by atoms with Gasteiger partial charge in [0.25, 0.3) is 0 Å². The van der Waals surface area contributed by atoms with Crippen molar-refractivity contribution in [1.82, 2.24) is 0 Å². The fourth-order valence-corrected chi connectivity index (χ4v) is 9.79. The molecule has 0 aliphatic heterocycles. The highest BCUT2D eigenvalue weighted by Crippen LogP contribution is 2.46. The highest BCUT2D eigenvalue weighted by atomic mass is 14.3. The molecule has 0 spiro atoms. The van der Waals surface area contributed by atoms with Gasteiger partial charge in [-0.2, -0.15) is 0 Å². The van der Waals surface area contributed by atoms with Crippen molar-refractivity contribution in [3.05, 3.63) is 276 Å². The first-order chi connectivity index (χ1) is 37.4. The van der Waals surface area contributed by atoms with Gasteiger partial charge < -0.3 is 0 Å². The molecule has 0 fully saturated rings. The number of hydrogen-bond acceptors (Lipinski definition) is 0. The molecular formula is C77H86. The van der Waals surface area contributed by atoms with Crippen LogP contribution < -0.4 is 0 Å². The van der Waals surface area contributed by atoms with Crippen molar-refractivity contribution < 1.29 is 0 Å². The first kappa shape index (κ1) is 58.7. The Morgan fingerprint density at radius 3 is 1.52 bits per heavy atom. The molecule has 0 saturated carbocycles. The molecule has 0 heterocycles. The molecule has 4 unspecified atom stereocenters. The van der Waals surface area contributed by atoms with Gasteiger partial charge in [0.15, 0.2) is 0 Å². The third-order valence-corrected chi connectivity index (χ3v) is 15.4. The molecule has 6 rings (SSSR count). The van der Waals surface area contributed by atoms with Crippen LogP contribution in [-0.2, 0) is 0 Å². The summed E-state index contributed by atoms with van der Waals surface area (Å²) in [6.45, 7) is 34.2. The van der Waals surface area contributed by atoms with E-state index in [0.29, 0.717) is 17.8 Å². The average molecular weight is 1010 g/mol. The number of hydrogen-bond donors (Lipinski definition) is 0. The van der Waals surface area contributed by atoms with E-state index in [0.717, 1.165) is 47.9 Å². The lowest BCUT2D eigenvalue weighted by Crippen LogP contribution is -2.04. The summed E-state index contributed by atoms with van der Waals surface area (Å²) < 4.78 is 0. The molecule has 394 valence electrons. The third-order valence-electron chi connectivity index (χ3n) is 15.4. The van der Waals surface area contributed by atoms with E-state index in [4.69, 9.17) is 0 Å². The number of allylic oxidation sites excluding steroid dienone is 20. The van der Waals surface area contributed by atoms with E-state index in [-0.39, 0.29) is 5.92 Å². The summed E-state index contributed by atoms with van der Waals surface area (Å²) in [4.78, 5) is 0. The Morgan fingerprint density at radius 2 is 1.01 bits per heavy atom. The van der Waals surface area contributed by atoms with Gasteiger partial charge in [0, 0.05) is 0 Å². The van der Waals surface area contributed by atoms with Crippen LogP contribution in [0.1, 0.15) is 135 Å². The fourth-order valence-electron chi connectivity index (χ4n) is 9.79. The average Bonchev–Trinajstić information content (AvgIpc) is 3.60. The third kappa shape index (κ3) is 15.5. The van der Waals surface area contributed by atoms with E-state index in [1.807, 2.05) is 0 Å². The maximum Gasteiger partial charge on any atom is -0.00264 e. The normalized spacial score (nSPS) is 15.2. The summed E-state index contributed by atoms with van der Waals surface area (Å²) in [5.41, 5.74) is 20.4. The lowest BCUT2D eigenvalue weighted by atomic mass is 9.79. The molecule has 0 nitrogen and oxygen atoms in total. The van der Waals surface area contributed by atoms with Crippen molar-refractivity contribution >= 4 is 45.2 Å². The Hall–Kier alpha value is -7.54. The zero-order valence-corrected chi connectivity index (χ0v) is 48.4. The van der Waals surface area contributed by atoms with Gasteiger partial charge >= 0.3 is 0 Å². The number of rotatable bonds is 24. The van der Waals surface area contributed by atoms with E-state index in [2.05, 4.69) is 314 Å². The standard InChI is InChI=1S/C77H86/c1-14-34-62(63-37-24-20-25-38-63)45-32-35-58(10)60(12)47-49-67(51-55(7)15-2)76-69(18-5)70(19-6)77(75-54-73(66-43-30-23-31-44-66)72(53-74(75)76)65-41-28-22-29-42-65)68(52-56(8)16-3)50-48-61(13)59(11)36-33-46-71(57(9)17-4)64-39-26-21-27-40-64/h18-54,56-57,59,61H,5-6,14-17H2,1-4,7-13H3/b36-33-,45-32-,50-48-,55-51-,58-35+,60-47+,62-34-,67-49+,68-52+,71-46+. The van der Waals surface area contributed by atoms with Gasteiger partial charge in [0.05, 0.1) is 0 Å². The Labute approximate surface area is 466 Å². The van der Waals surface area contributed by atoms with Crippen molar-refractivity contribution in [2.24, 2.45) is 23.7 Å². The summed E-state index contributed by atoms with van der Waals surface area (Å²) in [7, 11) is 0. The van der Waals surface area contributed by atoms with Gasteiger partial charge in [-0.1, -0.05) is 293 Å². The van der Waals surface area contributed by atoms with Crippen molar-refractivity contribution in [3.63, 3.8) is 0 Å². The molecule has 0 N–H and O–H groups in total. The van der Waals surface area contributed by atoms with Crippen LogP contribution in [0.2, 0.25) is 0 Å². The van der Waals surface area contributed by atoms with Gasteiger partial charge in [-0.25, -0.2) is 0 Å². The van der Waals surface area contributed by atoms with Crippen molar-refractivity contribution in [1.29, 1.82) is 0 Å². The quantitative estimate of drug-likeness (QED) is 0.0530. The molecule has 77 heavy (non-hydrogen) atoms. The minimum Gasteiger partial charge on any atom is -0.0984 e. The van der Waals surface area contributed by atoms with Crippen LogP contribution in [-0.4, -0.2) is 0 Å². The van der Waals surface area contributed by atoms with Gasteiger partial charge in [0.2, 0.25) is 0 Å². The summed E-state index contributed by atoms with van der Waals surface area (Å²) >= 11 is 0. The lowest BCUT2D eigenvalue weighted by molar-refractivity contribution is 0.558. The van der Waals surface area contributed by atoms with Gasteiger partial charge in [-0.05, 0) is 176 Å². The molecule has 6 aromatic carbocycles. The first-order valence-electron chi connectivity index (χ1n) is 28.4. The fraction of sp³-hybridized carbons (Fsp3) is 0.247. The second-order valence-corrected chi connectivity index (χ2v) is 20.9. The zero-order chi connectivity index (χ0) is 55.3. The van der Waals surface area contributed by atoms with Gasteiger partial charge in [0.1, 0.15) is 0 Å². The van der Waals surface area contributed by atoms with E-state index in [1.165, 1.54) is 83.2 Å². The van der Waals surface area contributed by atoms with Crippen molar-refractivity contribution in [2.75, 3.05) is 0 Å². The van der Waals surface area contributed by atoms with Gasteiger partial charge in [-0.3, -0.25) is 0 Å². The molecule has 0 amide bonds. The molecule has 0 saturated heterocycles. The SMILES string of the molecule is C=Cc1c(C=C)c(C(/C=C\C(C)C(C)/C=C\C=C(\c2ccccc2)C(C)CC)=C/C(C)CC)c2cc(-c3ccccc3)c(-c3ccccc3)cc2c1C(/C=C(/C)CC)=C/C=C(C)/C(C)=C/C=C\C(=C\CC)c1ccccc1. The molecule has 0 bridgehead atoms. The number of fused-ring (bicyclic) bond motifs is 1. The highest BCUT2D eigenvalue weighted by Gasteiger charge is 2.23. The van der Waals surface area contributed by atoms with Crippen LogP contribution in [0.15, 0.2) is 242 Å². The minimum absolute atomic E-state index is 0.267. The Morgan fingerprint density at radius 1 is 0.506 bits per heavy atom. The summed E-state index contributed by atoms with van der Waals surface area (Å²) in [5, 5.41) is 2.37. The smallest absolute Gasteiger partial charge is 0.00264 e. The first-order valence-corrected chi connectivity index (χ1v) is 28.4. The van der Waals surface area contributed by atoms with Crippen molar-refractivity contribution in [2.45, 2.75) is 102 Å². The van der Waals surface area contributed by atoms with Crippen LogP contribution in [0.5, 0.6) is 0 Å². The van der Waals surface area contributed by atoms with Crippen LogP contribution in [0.4, 0.5) is 0 Å². The number of benzene rings is 6. The predicted molar refractivity (Wildman–Crippen MR) is 346 cm³/mol. The lowest BCUT2D eigenvalue weighted by Gasteiger charge is -2.24. The predicted octanol–water partition coefficient (Wildman–Crippen LogP) is 23.1. The Balaban J connectivity index is 1.62. The van der Waals surface area contributed by atoms with Gasteiger partial charge in [-0.15, -0.1) is 0 Å². The summed E-state index contributed by atoms with van der Waals surface area (Å²) in [6.07, 6.45) is 38.4.